The first-order valence-corrected chi connectivity index (χ1v) is 9.70. The summed E-state index contributed by atoms with van der Waals surface area (Å²) in [5.74, 6) is 0.594. The summed E-state index contributed by atoms with van der Waals surface area (Å²) in [6.45, 7) is 2.33. The summed E-state index contributed by atoms with van der Waals surface area (Å²) in [5, 5.41) is 1.77. The number of aromatic nitrogens is 1. The zero-order chi connectivity index (χ0) is 16.3. The highest BCUT2D eigenvalue weighted by molar-refractivity contribution is 7.91. The molecule has 0 spiro atoms. The monoisotopic (exact) mass is 353 g/mol. The number of methoxy groups -OCH3 is 1. The minimum atomic E-state index is -3.39. The van der Waals surface area contributed by atoms with Gasteiger partial charge in [-0.1, -0.05) is 12.1 Å². The van der Waals surface area contributed by atoms with Gasteiger partial charge in [0, 0.05) is 37.9 Å². The van der Waals surface area contributed by atoms with Crippen LogP contribution < -0.4 is 9.46 Å². The molecule has 1 N–H and O–H groups in total. The highest BCUT2D eigenvalue weighted by atomic mass is 32.2. The van der Waals surface area contributed by atoms with Crippen molar-refractivity contribution in [1.29, 1.82) is 0 Å². The molecule has 0 saturated carbocycles. The van der Waals surface area contributed by atoms with Crippen molar-refractivity contribution in [3.8, 4) is 5.88 Å². The van der Waals surface area contributed by atoms with Crippen LogP contribution in [0.5, 0.6) is 5.88 Å². The Morgan fingerprint density at radius 3 is 2.96 bits per heavy atom. The van der Waals surface area contributed by atoms with Crippen LogP contribution in [0.3, 0.4) is 0 Å². The van der Waals surface area contributed by atoms with E-state index in [4.69, 9.17) is 4.74 Å². The van der Waals surface area contributed by atoms with E-state index in [1.165, 1.54) is 11.3 Å². The Bertz CT molecular complexity index is 730. The molecule has 0 aromatic carbocycles. The maximum absolute atomic E-state index is 12.2. The number of rotatable bonds is 6. The normalized spacial score (nSPS) is 19.1. The van der Waals surface area contributed by atoms with Crippen LogP contribution in [0.25, 0.3) is 0 Å². The third-order valence-corrected chi connectivity index (χ3v) is 6.69. The summed E-state index contributed by atoms with van der Waals surface area (Å²) < 4.78 is 32.7. The van der Waals surface area contributed by atoms with E-state index in [9.17, 15) is 8.42 Å². The van der Waals surface area contributed by atoms with Crippen LogP contribution in [0, 0.1) is 0 Å². The van der Waals surface area contributed by atoms with Crippen LogP contribution in [0.15, 0.2) is 40.1 Å². The van der Waals surface area contributed by atoms with Crippen LogP contribution >= 0.6 is 11.3 Å². The summed E-state index contributed by atoms with van der Waals surface area (Å²) in [6, 6.07) is 7.14. The van der Waals surface area contributed by atoms with Crippen molar-refractivity contribution < 1.29 is 13.2 Å². The molecular weight excluding hydrogens is 334 g/mol. The number of nitrogens with one attached hydrogen (secondary N) is 1. The molecule has 2 aromatic rings. The molecule has 1 fully saturated rings. The van der Waals surface area contributed by atoms with Crippen molar-refractivity contribution in [1.82, 2.24) is 14.6 Å². The molecule has 0 bridgehead atoms. The lowest BCUT2D eigenvalue weighted by molar-refractivity contribution is 0.323. The summed E-state index contributed by atoms with van der Waals surface area (Å²) in [5.41, 5.74) is 1.09. The zero-order valence-corrected chi connectivity index (χ0v) is 14.4. The first-order chi connectivity index (χ1) is 11.1. The van der Waals surface area contributed by atoms with Gasteiger partial charge in [-0.2, -0.15) is 0 Å². The van der Waals surface area contributed by atoms with Gasteiger partial charge in [-0.05, 0) is 23.4 Å². The second kappa shape index (κ2) is 6.96. The minimum absolute atomic E-state index is 0.0479. The summed E-state index contributed by atoms with van der Waals surface area (Å²) in [6.07, 6.45) is 2.61. The van der Waals surface area contributed by atoms with Crippen molar-refractivity contribution in [2.75, 3.05) is 20.2 Å². The van der Waals surface area contributed by atoms with Gasteiger partial charge in [-0.25, -0.2) is 18.1 Å². The maximum atomic E-state index is 12.2. The Morgan fingerprint density at radius 2 is 2.30 bits per heavy atom. The van der Waals surface area contributed by atoms with E-state index in [0.717, 1.165) is 25.1 Å². The van der Waals surface area contributed by atoms with E-state index in [1.54, 1.807) is 30.8 Å². The van der Waals surface area contributed by atoms with Crippen LogP contribution in [0.2, 0.25) is 0 Å². The molecule has 23 heavy (non-hydrogen) atoms. The molecule has 1 aliphatic heterocycles. The molecule has 1 aliphatic rings. The first-order valence-electron chi connectivity index (χ1n) is 7.34. The van der Waals surface area contributed by atoms with E-state index in [1.807, 2.05) is 12.1 Å². The van der Waals surface area contributed by atoms with E-state index in [2.05, 4.69) is 14.6 Å². The van der Waals surface area contributed by atoms with Crippen molar-refractivity contribution in [3.05, 3.63) is 41.4 Å². The number of hydrogen-bond donors (Lipinski definition) is 1. The predicted octanol–water partition coefficient (Wildman–Crippen LogP) is 1.70. The maximum Gasteiger partial charge on any atom is 0.250 e. The number of thiophene rings is 1. The summed E-state index contributed by atoms with van der Waals surface area (Å²) in [7, 11) is -1.80. The van der Waals surface area contributed by atoms with Crippen LogP contribution in [0.4, 0.5) is 0 Å². The second-order valence-corrected chi connectivity index (χ2v) is 8.37. The molecule has 1 saturated heterocycles. The molecule has 0 aliphatic carbocycles. The topological polar surface area (TPSA) is 71.5 Å². The number of ether oxygens (including phenoxy) is 1. The second-order valence-electron chi connectivity index (χ2n) is 5.48. The van der Waals surface area contributed by atoms with Gasteiger partial charge in [0.05, 0.1) is 7.11 Å². The molecule has 1 atom stereocenters. The third kappa shape index (κ3) is 4.08. The fraction of sp³-hybridized carbons (Fsp3) is 0.400. The van der Waals surface area contributed by atoms with E-state index < -0.39 is 10.0 Å². The lowest BCUT2D eigenvalue weighted by atomic mass is 10.2. The number of hydrogen-bond acceptors (Lipinski definition) is 6. The largest absolute Gasteiger partial charge is 0.481 e. The fourth-order valence-electron chi connectivity index (χ4n) is 2.65. The third-order valence-electron chi connectivity index (χ3n) is 3.77. The molecule has 0 amide bonds. The van der Waals surface area contributed by atoms with E-state index >= 15 is 0 Å². The number of sulfonamides is 1. The fourth-order valence-corrected chi connectivity index (χ4v) is 4.92. The standard InChI is InChI=1S/C15H19N3O3S2/c1-21-14-5-4-12(9-16-14)10-18-7-6-13(11-18)17-23(19,20)15-3-2-8-22-15/h2-5,8-9,13,17H,6-7,10-11H2,1H3/t13-/m0/s1. The van der Waals surface area contributed by atoms with Gasteiger partial charge in [-0.3, -0.25) is 4.90 Å². The number of likely N-dealkylation sites (tertiary alicyclic amines) is 1. The van der Waals surface area contributed by atoms with Crippen LogP contribution in [-0.4, -0.2) is 44.5 Å². The Labute approximate surface area is 140 Å². The molecule has 6 nitrogen and oxygen atoms in total. The van der Waals surface area contributed by atoms with Crippen LogP contribution in [-0.2, 0) is 16.6 Å². The van der Waals surface area contributed by atoms with E-state index in [-0.39, 0.29) is 6.04 Å². The molecule has 3 heterocycles. The number of pyridine rings is 1. The van der Waals surface area contributed by atoms with Gasteiger partial charge in [0.25, 0.3) is 0 Å². The lowest BCUT2D eigenvalue weighted by Crippen LogP contribution is -2.36. The Kier molecular flexibility index (Phi) is 4.96. The van der Waals surface area contributed by atoms with Crippen molar-refractivity contribution >= 4 is 21.4 Å². The molecule has 0 radical (unpaired) electrons. The van der Waals surface area contributed by atoms with Crippen molar-refractivity contribution in [2.45, 2.75) is 23.2 Å². The lowest BCUT2D eigenvalue weighted by Gasteiger charge is -2.16. The molecule has 124 valence electrons. The highest BCUT2D eigenvalue weighted by Gasteiger charge is 2.27. The average molecular weight is 353 g/mol. The Morgan fingerprint density at radius 1 is 1.43 bits per heavy atom. The molecule has 3 rings (SSSR count). The predicted molar refractivity (Wildman–Crippen MR) is 89.1 cm³/mol. The average Bonchev–Trinajstić information content (AvgIpc) is 3.20. The summed E-state index contributed by atoms with van der Waals surface area (Å²) in [4.78, 5) is 6.42. The molecule has 0 unspecified atom stereocenters. The summed E-state index contributed by atoms with van der Waals surface area (Å²) >= 11 is 1.24. The number of nitrogens with zero attached hydrogens (tertiary/aromatic N) is 2. The molecule has 8 heteroatoms. The Balaban J connectivity index is 1.56. The van der Waals surface area contributed by atoms with Gasteiger partial charge < -0.3 is 4.74 Å². The van der Waals surface area contributed by atoms with Crippen molar-refractivity contribution in [2.24, 2.45) is 0 Å². The van der Waals surface area contributed by atoms with Crippen LogP contribution in [0.1, 0.15) is 12.0 Å². The van der Waals surface area contributed by atoms with Gasteiger partial charge in [0.2, 0.25) is 15.9 Å². The van der Waals surface area contributed by atoms with Gasteiger partial charge in [-0.15, -0.1) is 11.3 Å². The SMILES string of the molecule is COc1ccc(CN2CC[C@H](NS(=O)(=O)c3cccs3)C2)cn1. The molecular formula is C15H19N3O3S2. The quantitative estimate of drug-likeness (QED) is 0.856. The Hall–Kier alpha value is -1.48. The van der Waals surface area contributed by atoms with Crippen molar-refractivity contribution in [3.63, 3.8) is 0 Å². The smallest absolute Gasteiger partial charge is 0.250 e. The van der Waals surface area contributed by atoms with Gasteiger partial charge in [0.1, 0.15) is 4.21 Å². The minimum Gasteiger partial charge on any atom is -0.481 e. The highest BCUT2D eigenvalue weighted by Crippen LogP contribution is 2.19. The van der Waals surface area contributed by atoms with E-state index in [0.29, 0.717) is 16.6 Å². The first kappa shape index (κ1) is 16.4. The zero-order valence-electron chi connectivity index (χ0n) is 12.8. The van der Waals surface area contributed by atoms with Gasteiger partial charge >= 0.3 is 0 Å². The molecule has 2 aromatic heterocycles. The van der Waals surface area contributed by atoms with Gasteiger partial charge in [0.15, 0.2) is 0 Å².